The molecule has 0 atom stereocenters. The van der Waals surface area contributed by atoms with Crippen LogP contribution < -0.4 is 10.6 Å². The SMILES string of the molecule is CCN1CCN(c2c(N)c(C(C)C)nn2C)CC1. The van der Waals surface area contributed by atoms with Gasteiger partial charge < -0.3 is 15.5 Å². The summed E-state index contributed by atoms with van der Waals surface area (Å²) in [6, 6.07) is 0. The van der Waals surface area contributed by atoms with Crippen LogP contribution >= 0.6 is 0 Å². The van der Waals surface area contributed by atoms with Gasteiger partial charge in [0.2, 0.25) is 0 Å². The Morgan fingerprint density at radius 1 is 1.22 bits per heavy atom. The number of likely N-dealkylation sites (N-methyl/N-ethyl adjacent to an activating group) is 1. The minimum Gasteiger partial charge on any atom is -0.394 e. The molecule has 102 valence electrons. The standard InChI is InChI=1S/C13H25N5/c1-5-17-6-8-18(9-7-17)13-11(14)12(10(2)3)15-16(13)4/h10H,5-9,14H2,1-4H3. The van der Waals surface area contributed by atoms with Crippen molar-refractivity contribution in [2.45, 2.75) is 26.7 Å². The maximum absolute atomic E-state index is 6.26. The van der Waals surface area contributed by atoms with Crippen LogP contribution in [-0.4, -0.2) is 47.4 Å². The smallest absolute Gasteiger partial charge is 0.150 e. The Morgan fingerprint density at radius 3 is 2.28 bits per heavy atom. The number of hydrogen-bond donors (Lipinski definition) is 1. The quantitative estimate of drug-likeness (QED) is 0.879. The lowest BCUT2D eigenvalue weighted by molar-refractivity contribution is 0.270. The number of rotatable bonds is 3. The molecule has 0 saturated carbocycles. The highest BCUT2D eigenvalue weighted by molar-refractivity contribution is 5.67. The Labute approximate surface area is 110 Å². The lowest BCUT2D eigenvalue weighted by atomic mass is 10.1. The summed E-state index contributed by atoms with van der Waals surface area (Å²) in [5.41, 5.74) is 8.14. The van der Waals surface area contributed by atoms with Crippen molar-refractivity contribution in [2.75, 3.05) is 43.4 Å². The first-order chi connectivity index (χ1) is 8.54. The molecule has 18 heavy (non-hydrogen) atoms. The van der Waals surface area contributed by atoms with Crippen molar-refractivity contribution in [3.05, 3.63) is 5.69 Å². The first kappa shape index (κ1) is 13.2. The summed E-state index contributed by atoms with van der Waals surface area (Å²) < 4.78 is 1.94. The highest BCUT2D eigenvalue weighted by Gasteiger charge is 2.23. The lowest BCUT2D eigenvalue weighted by Gasteiger charge is -2.35. The first-order valence-electron chi connectivity index (χ1n) is 6.84. The molecule has 1 aliphatic heterocycles. The number of aromatic nitrogens is 2. The minimum absolute atomic E-state index is 0.377. The molecule has 0 aromatic carbocycles. The van der Waals surface area contributed by atoms with Gasteiger partial charge in [-0.3, -0.25) is 4.68 Å². The number of aryl methyl sites for hydroxylation is 1. The minimum atomic E-state index is 0.377. The van der Waals surface area contributed by atoms with Gasteiger partial charge in [0.1, 0.15) is 0 Å². The van der Waals surface area contributed by atoms with Crippen molar-refractivity contribution in [2.24, 2.45) is 7.05 Å². The van der Waals surface area contributed by atoms with Crippen LogP contribution in [0.1, 0.15) is 32.4 Å². The zero-order chi connectivity index (χ0) is 13.3. The van der Waals surface area contributed by atoms with Crippen LogP contribution in [0.4, 0.5) is 11.5 Å². The zero-order valence-electron chi connectivity index (χ0n) is 12.0. The molecule has 1 aliphatic rings. The summed E-state index contributed by atoms with van der Waals surface area (Å²) in [4.78, 5) is 4.83. The van der Waals surface area contributed by atoms with Gasteiger partial charge >= 0.3 is 0 Å². The molecule has 1 fully saturated rings. The topological polar surface area (TPSA) is 50.3 Å². The van der Waals surface area contributed by atoms with E-state index in [1.165, 1.54) is 0 Å². The van der Waals surface area contributed by atoms with Gasteiger partial charge in [-0.1, -0.05) is 20.8 Å². The molecule has 1 aromatic rings. The fourth-order valence-electron chi connectivity index (χ4n) is 2.63. The predicted molar refractivity (Wildman–Crippen MR) is 76.0 cm³/mol. The Bertz CT molecular complexity index is 402. The molecule has 0 spiro atoms. The van der Waals surface area contributed by atoms with E-state index in [0.717, 1.165) is 49.9 Å². The van der Waals surface area contributed by atoms with Gasteiger partial charge in [0, 0.05) is 33.2 Å². The van der Waals surface area contributed by atoms with Gasteiger partial charge in [0.15, 0.2) is 5.82 Å². The highest BCUT2D eigenvalue weighted by atomic mass is 15.4. The fraction of sp³-hybridized carbons (Fsp3) is 0.769. The van der Waals surface area contributed by atoms with Gasteiger partial charge in [-0.15, -0.1) is 0 Å². The molecule has 2 heterocycles. The van der Waals surface area contributed by atoms with Crippen LogP contribution in [0.15, 0.2) is 0 Å². The van der Waals surface area contributed by atoms with Crippen LogP contribution in [-0.2, 0) is 7.05 Å². The molecule has 2 N–H and O–H groups in total. The second kappa shape index (κ2) is 5.18. The second-order valence-corrected chi connectivity index (χ2v) is 5.32. The van der Waals surface area contributed by atoms with E-state index >= 15 is 0 Å². The van der Waals surface area contributed by atoms with Crippen molar-refractivity contribution in [1.82, 2.24) is 14.7 Å². The molecule has 1 aromatic heterocycles. The van der Waals surface area contributed by atoms with Crippen molar-refractivity contribution in [3.8, 4) is 0 Å². The summed E-state index contributed by atoms with van der Waals surface area (Å²) in [7, 11) is 1.99. The van der Waals surface area contributed by atoms with E-state index in [-0.39, 0.29) is 0 Å². The third kappa shape index (κ3) is 2.32. The largest absolute Gasteiger partial charge is 0.394 e. The van der Waals surface area contributed by atoms with E-state index in [1.54, 1.807) is 0 Å². The maximum Gasteiger partial charge on any atom is 0.150 e. The lowest BCUT2D eigenvalue weighted by Crippen LogP contribution is -2.47. The first-order valence-corrected chi connectivity index (χ1v) is 6.84. The van der Waals surface area contributed by atoms with Crippen LogP contribution in [0, 0.1) is 0 Å². The third-order valence-corrected chi connectivity index (χ3v) is 3.75. The van der Waals surface area contributed by atoms with Crippen molar-refractivity contribution in [1.29, 1.82) is 0 Å². The van der Waals surface area contributed by atoms with Gasteiger partial charge in [-0.2, -0.15) is 5.10 Å². The Hall–Kier alpha value is -1.23. The molecular formula is C13H25N5. The van der Waals surface area contributed by atoms with Gasteiger partial charge in [-0.25, -0.2) is 0 Å². The van der Waals surface area contributed by atoms with E-state index < -0.39 is 0 Å². The molecule has 0 aliphatic carbocycles. The maximum atomic E-state index is 6.26. The Morgan fingerprint density at radius 2 is 1.83 bits per heavy atom. The summed E-state index contributed by atoms with van der Waals surface area (Å²) in [5.74, 6) is 1.47. The number of anilines is 2. The molecule has 0 unspecified atom stereocenters. The molecule has 1 saturated heterocycles. The molecule has 0 bridgehead atoms. The molecule has 0 radical (unpaired) electrons. The highest BCUT2D eigenvalue weighted by Crippen LogP contribution is 2.31. The molecule has 5 heteroatoms. The monoisotopic (exact) mass is 251 g/mol. The summed E-state index contributed by atoms with van der Waals surface area (Å²) >= 11 is 0. The summed E-state index contributed by atoms with van der Waals surface area (Å²) in [5, 5.41) is 4.56. The van der Waals surface area contributed by atoms with E-state index in [2.05, 4.69) is 35.7 Å². The van der Waals surface area contributed by atoms with Crippen LogP contribution in [0.3, 0.4) is 0 Å². The molecule has 5 nitrogen and oxygen atoms in total. The Balaban J connectivity index is 2.19. The molecule has 0 amide bonds. The third-order valence-electron chi connectivity index (χ3n) is 3.75. The second-order valence-electron chi connectivity index (χ2n) is 5.32. The number of hydrogen-bond acceptors (Lipinski definition) is 4. The fourth-order valence-corrected chi connectivity index (χ4v) is 2.63. The predicted octanol–water partition coefficient (Wildman–Crippen LogP) is 1.27. The van der Waals surface area contributed by atoms with E-state index in [0.29, 0.717) is 5.92 Å². The van der Waals surface area contributed by atoms with Gasteiger partial charge in [-0.05, 0) is 12.5 Å². The van der Waals surface area contributed by atoms with E-state index in [1.807, 2.05) is 11.7 Å². The number of nitrogens with two attached hydrogens (primary N) is 1. The summed E-state index contributed by atoms with van der Waals surface area (Å²) in [6.07, 6.45) is 0. The van der Waals surface area contributed by atoms with Gasteiger partial charge in [0.25, 0.3) is 0 Å². The summed E-state index contributed by atoms with van der Waals surface area (Å²) in [6.45, 7) is 11.9. The molecule has 2 rings (SSSR count). The molecular weight excluding hydrogens is 226 g/mol. The number of nitrogens with zero attached hydrogens (tertiary/aromatic N) is 4. The average molecular weight is 251 g/mol. The number of nitrogen functional groups attached to an aromatic ring is 1. The normalized spacial score (nSPS) is 17.7. The number of piperazine rings is 1. The van der Waals surface area contributed by atoms with Crippen molar-refractivity contribution >= 4 is 11.5 Å². The van der Waals surface area contributed by atoms with Crippen molar-refractivity contribution < 1.29 is 0 Å². The van der Waals surface area contributed by atoms with Crippen LogP contribution in [0.2, 0.25) is 0 Å². The Kier molecular flexibility index (Phi) is 3.80. The average Bonchev–Trinajstić information content (AvgIpc) is 2.65. The van der Waals surface area contributed by atoms with E-state index in [4.69, 9.17) is 5.73 Å². The van der Waals surface area contributed by atoms with E-state index in [9.17, 15) is 0 Å². The van der Waals surface area contributed by atoms with Crippen LogP contribution in [0.5, 0.6) is 0 Å². The van der Waals surface area contributed by atoms with Gasteiger partial charge in [0.05, 0.1) is 11.4 Å². The van der Waals surface area contributed by atoms with Crippen molar-refractivity contribution in [3.63, 3.8) is 0 Å². The van der Waals surface area contributed by atoms with Crippen LogP contribution in [0.25, 0.3) is 0 Å². The zero-order valence-corrected chi connectivity index (χ0v) is 12.0.